The predicted octanol–water partition coefficient (Wildman–Crippen LogP) is 1.40. The zero-order valence-corrected chi connectivity index (χ0v) is 9.49. The van der Waals surface area contributed by atoms with Gasteiger partial charge in [-0.25, -0.2) is 0 Å². The van der Waals surface area contributed by atoms with Gasteiger partial charge in [0.05, 0.1) is 6.26 Å². The molecule has 0 fully saturated rings. The third-order valence-electron chi connectivity index (χ3n) is 2.31. The van der Waals surface area contributed by atoms with Crippen LogP contribution < -0.4 is 5.73 Å². The lowest BCUT2D eigenvalue weighted by Crippen LogP contribution is -2.40. The van der Waals surface area contributed by atoms with Gasteiger partial charge >= 0.3 is 0 Å². The molecule has 15 heavy (non-hydrogen) atoms. The predicted molar refractivity (Wildman–Crippen MR) is 58.7 cm³/mol. The first-order valence-electron chi connectivity index (χ1n) is 5.13. The van der Waals surface area contributed by atoms with E-state index < -0.39 is 0 Å². The van der Waals surface area contributed by atoms with E-state index in [-0.39, 0.29) is 11.9 Å². The third kappa shape index (κ3) is 2.59. The van der Waals surface area contributed by atoms with Gasteiger partial charge in [0.25, 0.3) is 5.91 Å². The van der Waals surface area contributed by atoms with E-state index >= 15 is 0 Å². The highest BCUT2D eigenvalue weighted by molar-refractivity contribution is 5.93. The van der Waals surface area contributed by atoms with Crippen LogP contribution in [0.25, 0.3) is 0 Å². The highest BCUT2D eigenvalue weighted by Gasteiger charge is 2.21. The van der Waals surface area contributed by atoms with Crippen LogP contribution in [0.1, 0.15) is 30.0 Å². The summed E-state index contributed by atoms with van der Waals surface area (Å²) in [5.74, 6) is 0.329. The van der Waals surface area contributed by atoms with Gasteiger partial charge in [0.1, 0.15) is 0 Å². The van der Waals surface area contributed by atoms with Crippen molar-refractivity contribution in [1.29, 1.82) is 0 Å². The highest BCUT2D eigenvalue weighted by atomic mass is 16.3. The summed E-state index contributed by atoms with van der Waals surface area (Å²) in [6, 6.07) is 1.92. The first kappa shape index (κ1) is 11.8. The maximum Gasteiger partial charge on any atom is 0.290 e. The van der Waals surface area contributed by atoms with Crippen LogP contribution in [0.4, 0.5) is 0 Å². The third-order valence-corrected chi connectivity index (χ3v) is 2.31. The molecule has 2 N–H and O–H groups in total. The summed E-state index contributed by atoms with van der Waals surface area (Å²) < 4.78 is 5.17. The summed E-state index contributed by atoms with van der Waals surface area (Å²) in [5.41, 5.74) is 6.34. The molecule has 0 aliphatic rings. The second-order valence-electron chi connectivity index (χ2n) is 3.81. The van der Waals surface area contributed by atoms with E-state index in [1.807, 2.05) is 20.8 Å². The Morgan fingerprint density at radius 1 is 1.60 bits per heavy atom. The number of hydrogen-bond donors (Lipinski definition) is 1. The van der Waals surface area contributed by atoms with Crippen molar-refractivity contribution in [1.82, 2.24) is 4.90 Å². The lowest BCUT2D eigenvalue weighted by molar-refractivity contribution is 0.0678. The van der Waals surface area contributed by atoms with Gasteiger partial charge in [0, 0.05) is 24.7 Å². The average molecular weight is 210 g/mol. The average Bonchev–Trinajstić information content (AvgIpc) is 2.59. The lowest BCUT2D eigenvalue weighted by atomic mass is 10.2. The number of amides is 1. The van der Waals surface area contributed by atoms with E-state index in [4.69, 9.17) is 10.2 Å². The first-order valence-corrected chi connectivity index (χ1v) is 5.13. The van der Waals surface area contributed by atoms with Gasteiger partial charge in [0.2, 0.25) is 0 Å². The van der Waals surface area contributed by atoms with Crippen LogP contribution in [0, 0.1) is 6.92 Å². The van der Waals surface area contributed by atoms with Gasteiger partial charge in [-0.05, 0) is 26.8 Å². The van der Waals surface area contributed by atoms with Crippen molar-refractivity contribution in [3.63, 3.8) is 0 Å². The van der Waals surface area contributed by atoms with Crippen molar-refractivity contribution in [2.45, 2.75) is 26.8 Å². The molecule has 84 valence electrons. The van der Waals surface area contributed by atoms with E-state index in [2.05, 4.69) is 0 Å². The van der Waals surface area contributed by atoms with E-state index in [1.165, 1.54) is 6.26 Å². The highest BCUT2D eigenvalue weighted by Crippen LogP contribution is 2.13. The Balaban J connectivity index is 2.86. The molecular formula is C11H18N2O2. The van der Waals surface area contributed by atoms with E-state index in [1.54, 1.807) is 11.0 Å². The molecule has 0 saturated heterocycles. The van der Waals surface area contributed by atoms with Crippen LogP contribution in [0.2, 0.25) is 0 Å². The Kier molecular flexibility index (Phi) is 3.91. The van der Waals surface area contributed by atoms with Crippen molar-refractivity contribution in [2.75, 3.05) is 13.1 Å². The summed E-state index contributed by atoms with van der Waals surface area (Å²) in [6.07, 6.45) is 1.53. The summed E-state index contributed by atoms with van der Waals surface area (Å²) in [5, 5.41) is 0. The number of carbonyl (C=O) groups is 1. The molecule has 0 aliphatic carbocycles. The van der Waals surface area contributed by atoms with Crippen molar-refractivity contribution >= 4 is 5.91 Å². The fourth-order valence-corrected chi connectivity index (χ4v) is 1.46. The Hall–Kier alpha value is -1.29. The Bertz CT molecular complexity index is 331. The maximum absolute atomic E-state index is 12.0. The zero-order valence-electron chi connectivity index (χ0n) is 9.49. The molecule has 1 aromatic heterocycles. The Labute approximate surface area is 90.0 Å². The SMILES string of the molecule is Cc1ccoc1C(=O)N(CCN)C(C)C. The smallest absolute Gasteiger partial charge is 0.290 e. The topological polar surface area (TPSA) is 59.5 Å². The number of hydrogen-bond acceptors (Lipinski definition) is 3. The second kappa shape index (κ2) is 4.98. The largest absolute Gasteiger partial charge is 0.459 e. The van der Waals surface area contributed by atoms with Crippen LogP contribution in [-0.4, -0.2) is 29.9 Å². The summed E-state index contributed by atoms with van der Waals surface area (Å²) in [7, 11) is 0. The van der Waals surface area contributed by atoms with Crippen LogP contribution in [0.15, 0.2) is 16.7 Å². The number of carbonyl (C=O) groups excluding carboxylic acids is 1. The molecule has 0 atom stereocenters. The molecule has 4 heteroatoms. The Morgan fingerprint density at radius 2 is 2.27 bits per heavy atom. The number of nitrogens with zero attached hydrogens (tertiary/aromatic N) is 1. The summed E-state index contributed by atoms with van der Waals surface area (Å²) in [6.45, 7) is 6.80. The molecule has 1 aromatic rings. The van der Waals surface area contributed by atoms with Crippen molar-refractivity contribution in [3.8, 4) is 0 Å². The molecule has 0 radical (unpaired) electrons. The van der Waals surface area contributed by atoms with Gasteiger partial charge in [0.15, 0.2) is 5.76 Å². The second-order valence-corrected chi connectivity index (χ2v) is 3.81. The molecule has 1 amide bonds. The quantitative estimate of drug-likeness (QED) is 0.817. The minimum absolute atomic E-state index is 0.0852. The summed E-state index contributed by atoms with van der Waals surface area (Å²) in [4.78, 5) is 13.7. The van der Waals surface area contributed by atoms with E-state index in [0.717, 1.165) is 5.56 Å². The molecule has 0 saturated carbocycles. The normalized spacial score (nSPS) is 10.7. The van der Waals surface area contributed by atoms with Gasteiger partial charge in [-0.1, -0.05) is 0 Å². The number of nitrogens with two attached hydrogens (primary N) is 1. The fraction of sp³-hybridized carbons (Fsp3) is 0.545. The first-order chi connectivity index (χ1) is 7.07. The molecule has 0 aromatic carbocycles. The van der Waals surface area contributed by atoms with Crippen molar-refractivity contribution < 1.29 is 9.21 Å². The molecule has 0 unspecified atom stereocenters. The molecule has 0 bridgehead atoms. The van der Waals surface area contributed by atoms with Crippen LogP contribution in [0.5, 0.6) is 0 Å². The van der Waals surface area contributed by atoms with Crippen molar-refractivity contribution in [2.24, 2.45) is 5.73 Å². The fourth-order valence-electron chi connectivity index (χ4n) is 1.46. The minimum Gasteiger partial charge on any atom is -0.459 e. The van der Waals surface area contributed by atoms with E-state index in [9.17, 15) is 4.79 Å². The van der Waals surface area contributed by atoms with Crippen LogP contribution in [-0.2, 0) is 0 Å². The zero-order chi connectivity index (χ0) is 11.4. The molecule has 4 nitrogen and oxygen atoms in total. The van der Waals surface area contributed by atoms with E-state index in [0.29, 0.717) is 18.8 Å². The molecule has 1 rings (SSSR count). The van der Waals surface area contributed by atoms with Crippen LogP contribution in [0.3, 0.4) is 0 Å². The molecule has 0 aliphatic heterocycles. The molecular weight excluding hydrogens is 192 g/mol. The number of rotatable bonds is 4. The van der Waals surface area contributed by atoms with Gasteiger partial charge < -0.3 is 15.1 Å². The minimum atomic E-state index is -0.0852. The van der Waals surface area contributed by atoms with Crippen molar-refractivity contribution in [3.05, 3.63) is 23.7 Å². The number of furan rings is 1. The van der Waals surface area contributed by atoms with Gasteiger partial charge in [-0.15, -0.1) is 0 Å². The van der Waals surface area contributed by atoms with Gasteiger partial charge in [-0.2, -0.15) is 0 Å². The van der Waals surface area contributed by atoms with Crippen LogP contribution >= 0.6 is 0 Å². The lowest BCUT2D eigenvalue weighted by Gasteiger charge is -2.25. The maximum atomic E-state index is 12.0. The molecule has 0 spiro atoms. The number of aryl methyl sites for hydroxylation is 1. The summed E-state index contributed by atoms with van der Waals surface area (Å²) >= 11 is 0. The monoisotopic (exact) mass is 210 g/mol. The molecule has 1 heterocycles. The standard InChI is InChI=1S/C11H18N2O2/c1-8(2)13(6-5-12)11(14)10-9(3)4-7-15-10/h4,7-8H,5-6,12H2,1-3H3. The Morgan fingerprint density at radius 3 is 2.67 bits per heavy atom. The van der Waals surface area contributed by atoms with Gasteiger partial charge in [-0.3, -0.25) is 4.79 Å².